The van der Waals surface area contributed by atoms with E-state index in [1.54, 1.807) is 42.6 Å². The minimum absolute atomic E-state index is 0.00264. The van der Waals surface area contributed by atoms with Gasteiger partial charge in [0.2, 0.25) is 0 Å². The average Bonchev–Trinajstić information content (AvgIpc) is 3.05. The lowest BCUT2D eigenvalue weighted by molar-refractivity contribution is -0.114. The molecule has 0 aliphatic carbocycles. The van der Waals surface area contributed by atoms with Crippen molar-refractivity contribution in [1.82, 2.24) is 9.71 Å². The number of aromatic nitrogens is 1. The van der Waals surface area contributed by atoms with E-state index >= 15 is 0 Å². The summed E-state index contributed by atoms with van der Waals surface area (Å²) in [7, 11) is -4.00. The van der Waals surface area contributed by atoms with Gasteiger partial charge in [-0.1, -0.05) is 6.07 Å². The molecule has 0 aliphatic rings. The van der Waals surface area contributed by atoms with Crippen LogP contribution in [0.5, 0.6) is 0 Å². The molecule has 0 saturated carbocycles. The lowest BCUT2D eigenvalue weighted by Gasteiger charge is -2.07. The van der Waals surface area contributed by atoms with Gasteiger partial charge in [-0.15, -0.1) is 0 Å². The first-order valence-corrected chi connectivity index (χ1v) is 8.17. The molecule has 0 unspecified atom stereocenters. The van der Waals surface area contributed by atoms with Crippen LogP contribution in [0.4, 0.5) is 0 Å². The predicted octanol–water partition coefficient (Wildman–Crippen LogP) is 2.35. The highest BCUT2D eigenvalue weighted by Gasteiger charge is 2.19. The Kier molecular flexibility index (Phi) is 3.94. The first-order chi connectivity index (χ1) is 11.1. The van der Waals surface area contributed by atoms with Crippen LogP contribution in [0.25, 0.3) is 17.0 Å². The molecule has 2 heterocycles. The predicted molar refractivity (Wildman–Crippen MR) is 84.8 cm³/mol. The van der Waals surface area contributed by atoms with E-state index in [-0.39, 0.29) is 4.90 Å². The molecule has 0 spiro atoms. The third kappa shape index (κ3) is 3.29. The largest absolute Gasteiger partial charge is 0.465 e. The Balaban J connectivity index is 1.87. The van der Waals surface area contributed by atoms with Crippen molar-refractivity contribution in [3.63, 3.8) is 0 Å². The molecule has 0 atom stereocenters. The van der Waals surface area contributed by atoms with Crippen LogP contribution in [0.1, 0.15) is 5.76 Å². The molecule has 0 fully saturated rings. The van der Waals surface area contributed by atoms with Gasteiger partial charge < -0.3 is 4.42 Å². The summed E-state index contributed by atoms with van der Waals surface area (Å²) in [6.07, 6.45) is 5.51. The van der Waals surface area contributed by atoms with E-state index in [4.69, 9.17) is 4.42 Å². The zero-order valence-electron chi connectivity index (χ0n) is 11.8. The van der Waals surface area contributed by atoms with Crippen LogP contribution in [0.3, 0.4) is 0 Å². The number of pyridine rings is 1. The van der Waals surface area contributed by atoms with Gasteiger partial charge in [-0.2, -0.15) is 0 Å². The summed E-state index contributed by atoms with van der Waals surface area (Å²) in [5.41, 5.74) is 0.536. The second kappa shape index (κ2) is 6.05. The number of hydrogen-bond acceptors (Lipinski definition) is 5. The summed E-state index contributed by atoms with van der Waals surface area (Å²) in [5, 5.41) is 0.449. The average molecular weight is 328 g/mol. The van der Waals surface area contributed by atoms with Crippen LogP contribution in [0.15, 0.2) is 70.3 Å². The Morgan fingerprint density at radius 2 is 2.00 bits per heavy atom. The van der Waals surface area contributed by atoms with Gasteiger partial charge in [0, 0.05) is 17.7 Å². The highest BCUT2D eigenvalue weighted by atomic mass is 32.2. The fraction of sp³-hybridized carbons (Fsp3) is 0. The summed E-state index contributed by atoms with van der Waals surface area (Å²) in [6.45, 7) is 0. The van der Waals surface area contributed by atoms with Crippen molar-refractivity contribution >= 4 is 32.9 Å². The fourth-order valence-electron chi connectivity index (χ4n) is 2.07. The van der Waals surface area contributed by atoms with Crippen LogP contribution in [0, 0.1) is 0 Å². The van der Waals surface area contributed by atoms with Crippen LogP contribution < -0.4 is 4.72 Å². The maximum absolute atomic E-state index is 12.4. The van der Waals surface area contributed by atoms with Crippen molar-refractivity contribution in [2.75, 3.05) is 0 Å². The van der Waals surface area contributed by atoms with E-state index in [0.29, 0.717) is 16.7 Å². The number of amides is 1. The van der Waals surface area contributed by atoms with E-state index in [0.717, 1.165) is 6.08 Å². The van der Waals surface area contributed by atoms with Gasteiger partial charge in [0.25, 0.3) is 15.9 Å². The molecule has 1 amide bonds. The summed E-state index contributed by atoms with van der Waals surface area (Å²) in [5.74, 6) is -0.311. The second-order valence-electron chi connectivity index (χ2n) is 4.64. The number of sulfonamides is 1. The maximum Gasteiger partial charge on any atom is 0.264 e. The topological polar surface area (TPSA) is 89.3 Å². The molecular weight excluding hydrogens is 316 g/mol. The van der Waals surface area contributed by atoms with Crippen LogP contribution in [-0.2, 0) is 14.8 Å². The molecule has 0 saturated heterocycles. The van der Waals surface area contributed by atoms with Gasteiger partial charge in [-0.3, -0.25) is 9.78 Å². The molecule has 7 heteroatoms. The minimum Gasteiger partial charge on any atom is -0.465 e. The summed E-state index contributed by atoms with van der Waals surface area (Å²) >= 11 is 0. The second-order valence-corrected chi connectivity index (χ2v) is 6.30. The lowest BCUT2D eigenvalue weighted by Crippen LogP contribution is -2.29. The SMILES string of the molecule is O=C(/C=C\c1ccco1)NS(=O)(=O)c1cccc2ncccc12. The Morgan fingerprint density at radius 3 is 2.78 bits per heavy atom. The zero-order valence-corrected chi connectivity index (χ0v) is 12.7. The van der Waals surface area contributed by atoms with Crippen molar-refractivity contribution in [3.05, 3.63) is 66.8 Å². The fourth-order valence-corrected chi connectivity index (χ4v) is 3.24. The smallest absolute Gasteiger partial charge is 0.264 e. The number of furan rings is 1. The van der Waals surface area contributed by atoms with Crippen LogP contribution >= 0.6 is 0 Å². The highest BCUT2D eigenvalue weighted by Crippen LogP contribution is 2.20. The quantitative estimate of drug-likeness (QED) is 0.743. The Morgan fingerprint density at radius 1 is 1.13 bits per heavy atom. The molecule has 3 aromatic rings. The molecule has 0 radical (unpaired) electrons. The number of nitrogens with one attached hydrogen (secondary N) is 1. The molecule has 0 aliphatic heterocycles. The number of carbonyl (C=O) groups is 1. The third-order valence-corrected chi connectivity index (χ3v) is 4.48. The van der Waals surface area contributed by atoms with E-state index in [2.05, 4.69) is 4.98 Å². The van der Waals surface area contributed by atoms with Gasteiger partial charge >= 0.3 is 0 Å². The standard InChI is InChI=1S/C16H12N2O4S/c19-16(9-8-12-4-3-11-22-12)18-23(20,21)15-7-1-6-14-13(15)5-2-10-17-14/h1-11H,(H,18,19)/b9-8-. The molecule has 6 nitrogen and oxygen atoms in total. The number of carbonyl (C=O) groups excluding carboxylic acids is 1. The molecule has 116 valence electrons. The summed E-state index contributed by atoms with van der Waals surface area (Å²) < 4.78 is 31.8. The van der Waals surface area contributed by atoms with Crippen molar-refractivity contribution in [1.29, 1.82) is 0 Å². The first kappa shape index (κ1) is 15.0. The van der Waals surface area contributed by atoms with Gasteiger partial charge in [0.15, 0.2) is 0 Å². The van der Waals surface area contributed by atoms with E-state index in [1.807, 2.05) is 4.72 Å². The van der Waals surface area contributed by atoms with Gasteiger partial charge in [-0.25, -0.2) is 13.1 Å². The number of benzene rings is 1. The van der Waals surface area contributed by atoms with Gasteiger partial charge in [0.1, 0.15) is 5.76 Å². The number of hydrogen-bond donors (Lipinski definition) is 1. The summed E-state index contributed by atoms with van der Waals surface area (Å²) in [4.78, 5) is 15.9. The van der Waals surface area contributed by atoms with Crippen molar-refractivity contribution in [2.24, 2.45) is 0 Å². The molecule has 1 aromatic carbocycles. The maximum atomic E-state index is 12.4. The van der Waals surface area contributed by atoms with Crippen LogP contribution in [-0.4, -0.2) is 19.3 Å². The first-order valence-electron chi connectivity index (χ1n) is 6.68. The van der Waals surface area contributed by atoms with Gasteiger partial charge in [-0.05, 0) is 42.5 Å². The Bertz CT molecular complexity index is 971. The van der Waals surface area contributed by atoms with Crippen molar-refractivity contribution in [2.45, 2.75) is 4.90 Å². The molecule has 0 bridgehead atoms. The molecule has 23 heavy (non-hydrogen) atoms. The normalized spacial score (nSPS) is 11.8. The lowest BCUT2D eigenvalue weighted by atomic mass is 10.2. The Labute approximate surface area is 132 Å². The monoisotopic (exact) mass is 328 g/mol. The molecule has 2 aromatic heterocycles. The Hall–Kier alpha value is -2.93. The number of fused-ring (bicyclic) bond motifs is 1. The van der Waals surface area contributed by atoms with E-state index in [1.165, 1.54) is 18.4 Å². The van der Waals surface area contributed by atoms with Crippen molar-refractivity contribution in [3.8, 4) is 0 Å². The van der Waals surface area contributed by atoms with Crippen molar-refractivity contribution < 1.29 is 17.6 Å². The molecule has 3 rings (SSSR count). The highest BCUT2D eigenvalue weighted by molar-refractivity contribution is 7.90. The minimum atomic E-state index is -4.00. The summed E-state index contributed by atoms with van der Waals surface area (Å²) in [6, 6.07) is 11.3. The van der Waals surface area contributed by atoms with Crippen LogP contribution in [0.2, 0.25) is 0 Å². The molecule has 1 N–H and O–H groups in total. The van der Waals surface area contributed by atoms with E-state index in [9.17, 15) is 13.2 Å². The van der Waals surface area contributed by atoms with Gasteiger partial charge in [0.05, 0.1) is 16.7 Å². The molecular formula is C16H12N2O4S. The number of nitrogens with zero attached hydrogens (tertiary/aromatic N) is 1. The number of rotatable bonds is 4. The zero-order chi connectivity index (χ0) is 16.3. The van der Waals surface area contributed by atoms with E-state index < -0.39 is 15.9 Å². The third-order valence-electron chi connectivity index (χ3n) is 3.07.